The van der Waals surface area contributed by atoms with Gasteiger partial charge in [-0.3, -0.25) is 5.43 Å². The molecule has 1 saturated carbocycles. The van der Waals surface area contributed by atoms with Crippen molar-refractivity contribution in [2.75, 3.05) is 0 Å². The third kappa shape index (κ3) is 2.32. The summed E-state index contributed by atoms with van der Waals surface area (Å²) in [6.45, 7) is 7.57. The fourth-order valence-corrected chi connectivity index (χ4v) is 1.81. The monoisotopic (exact) mass is 230 g/mol. The molecule has 0 saturated heterocycles. The fourth-order valence-electron chi connectivity index (χ4n) is 1.81. The molecule has 4 nitrogen and oxygen atoms in total. The van der Waals surface area contributed by atoms with E-state index in [0.29, 0.717) is 18.2 Å². The predicted molar refractivity (Wildman–Crippen MR) is 70.1 cm³/mol. The topological polar surface area (TPSA) is 60.3 Å². The van der Waals surface area contributed by atoms with Crippen LogP contribution in [0.4, 0.5) is 0 Å². The van der Waals surface area contributed by atoms with Crippen molar-refractivity contribution in [1.82, 2.24) is 10.7 Å². The van der Waals surface area contributed by atoms with E-state index in [-0.39, 0.29) is 0 Å². The molecule has 0 aromatic rings. The molecule has 4 heteroatoms. The van der Waals surface area contributed by atoms with Crippen molar-refractivity contribution in [2.45, 2.75) is 39.2 Å². The van der Waals surface area contributed by atoms with Gasteiger partial charge in [0, 0.05) is 17.3 Å². The summed E-state index contributed by atoms with van der Waals surface area (Å²) < 4.78 is 0. The van der Waals surface area contributed by atoms with E-state index >= 15 is 0 Å². The lowest BCUT2D eigenvalue weighted by Crippen LogP contribution is -2.32. The van der Waals surface area contributed by atoms with E-state index in [1.807, 2.05) is 13.8 Å². The summed E-state index contributed by atoms with van der Waals surface area (Å²) in [6.07, 6.45) is 3.08. The van der Waals surface area contributed by atoms with E-state index in [1.165, 1.54) is 12.8 Å². The first-order chi connectivity index (χ1) is 8.17. The molecule has 1 aliphatic heterocycles. The van der Waals surface area contributed by atoms with Crippen LogP contribution in [0.1, 0.15) is 33.1 Å². The highest BCUT2D eigenvalue weighted by Crippen LogP contribution is 2.25. The van der Waals surface area contributed by atoms with Crippen LogP contribution in [-0.2, 0) is 0 Å². The van der Waals surface area contributed by atoms with Gasteiger partial charge >= 0.3 is 0 Å². The Morgan fingerprint density at radius 1 is 1.65 bits per heavy atom. The second kappa shape index (κ2) is 4.60. The first kappa shape index (κ1) is 11.7. The van der Waals surface area contributed by atoms with Gasteiger partial charge in [-0.05, 0) is 26.2 Å². The number of hydrogen-bond acceptors (Lipinski definition) is 4. The summed E-state index contributed by atoms with van der Waals surface area (Å²) in [7, 11) is 0. The molecule has 0 bridgehead atoms. The Hall–Kier alpha value is -1.80. The molecule has 2 rings (SSSR count). The Bertz CT molecular complexity index is 460. The van der Waals surface area contributed by atoms with Crippen LogP contribution in [-0.4, -0.2) is 17.5 Å². The summed E-state index contributed by atoms with van der Waals surface area (Å²) in [6, 6.07) is 0.528. The smallest absolute Gasteiger partial charge is 0.121 e. The van der Waals surface area contributed by atoms with E-state index < -0.39 is 0 Å². The van der Waals surface area contributed by atoms with Crippen LogP contribution in [0.2, 0.25) is 0 Å². The normalized spacial score (nSPS) is 19.4. The maximum absolute atomic E-state index is 8.05. The van der Waals surface area contributed by atoms with Crippen LogP contribution >= 0.6 is 0 Å². The molecule has 17 heavy (non-hydrogen) atoms. The van der Waals surface area contributed by atoms with Gasteiger partial charge in [0.25, 0.3) is 0 Å². The van der Waals surface area contributed by atoms with Gasteiger partial charge in [-0.2, -0.15) is 5.10 Å². The number of allylic oxidation sites excluding steroid dienone is 1. The van der Waals surface area contributed by atoms with Crippen molar-refractivity contribution in [2.24, 2.45) is 5.10 Å². The predicted octanol–water partition coefficient (Wildman–Crippen LogP) is 2.07. The fraction of sp³-hybridized carbons (Fsp3) is 0.462. The average molecular weight is 230 g/mol. The van der Waals surface area contributed by atoms with Crippen molar-refractivity contribution in [3.05, 3.63) is 29.3 Å². The molecule has 1 heterocycles. The molecule has 1 fully saturated rings. The standard InChI is InChI=1S/C13H18N4/c1-4-10(14)12-8(3)16-17-11(5-2)13(12)15-9-6-7-9/h9,14-15,17H,2,4,6-7H2,1,3H3. The van der Waals surface area contributed by atoms with Gasteiger partial charge in [-0.15, -0.1) is 0 Å². The summed E-state index contributed by atoms with van der Waals surface area (Å²) in [5.41, 5.74) is 9.79. The molecule has 0 atom stereocenters. The van der Waals surface area contributed by atoms with Gasteiger partial charge in [0.15, 0.2) is 0 Å². The Morgan fingerprint density at radius 3 is 2.88 bits per heavy atom. The minimum Gasteiger partial charge on any atom is -0.379 e. The maximum Gasteiger partial charge on any atom is 0.121 e. The van der Waals surface area contributed by atoms with Crippen LogP contribution in [0.15, 0.2) is 34.4 Å². The highest BCUT2D eigenvalue weighted by molar-refractivity contribution is 6.23. The highest BCUT2D eigenvalue weighted by Gasteiger charge is 2.28. The zero-order valence-corrected chi connectivity index (χ0v) is 10.4. The summed E-state index contributed by atoms with van der Waals surface area (Å²) in [4.78, 5) is 0. The lowest BCUT2D eigenvalue weighted by Gasteiger charge is -2.22. The van der Waals surface area contributed by atoms with Crippen LogP contribution in [0, 0.1) is 5.41 Å². The SMILES string of the molecule is C=C=C1NN=C(C)C(C(=N)CC)=C1NC1CC1. The summed E-state index contributed by atoms with van der Waals surface area (Å²) in [5.74, 6) is 0. The van der Waals surface area contributed by atoms with Crippen molar-refractivity contribution in [3.63, 3.8) is 0 Å². The zero-order chi connectivity index (χ0) is 12.4. The van der Waals surface area contributed by atoms with Crippen molar-refractivity contribution < 1.29 is 0 Å². The Balaban J connectivity index is 2.44. The van der Waals surface area contributed by atoms with Gasteiger partial charge in [0.05, 0.1) is 11.4 Å². The first-order valence-corrected chi connectivity index (χ1v) is 5.97. The second-order valence-corrected chi connectivity index (χ2v) is 4.36. The second-order valence-electron chi connectivity index (χ2n) is 4.36. The third-order valence-electron chi connectivity index (χ3n) is 2.96. The average Bonchev–Trinajstić information content (AvgIpc) is 3.13. The molecular weight excluding hydrogens is 212 g/mol. The van der Waals surface area contributed by atoms with E-state index in [1.54, 1.807) is 0 Å². The zero-order valence-electron chi connectivity index (χ0n) is 10.4. The first-order valence-electron chi connectivity index (χ1n) is 5.97. The Kier molecular flexibility index (Phi) is 3.16. The quantitative estimate of drug-likeness (QED) is 0.511. The number of rotatable bonds is 4. The minimum absolute atomic E-state index is 0.528. The van der Waals surface area contributed by atoms with Gasteiger partial charge in [-0.25, -0.2) is 0 Å². The van der Waals surface area contributed by atoms with Crippen LogP contribution < -0.4 is 10.7 Å². The third-order valence-corrected chi connectivity index (χ3v) is 2.96. The summed E-state index contributed by atoms with van der Waals surface area (Å²) >= 11 is 0. The van der Waals surface area contributed by atoms with Crippen molar-refractivity contribution >= 4 is 11.4 Å². The number of nitrogens with one attached hydrogen (secondary N) is 3. The number of hydrogen-bond donors (Lipinski definition) is 3. The number of hydrazone groups is 1. The molecular formula is C13H18N4. The van der Waals surface area contributed by atoms with Crippen LogP contribution in [0.3, 0.4) is 0 Å². The molecule has 0 aromatic heterocycles. The Labute approximate surface area is 102 Å². The molecule has 1 aliphatic carbocycles. The molecule has 0 amide bonds. The van der Waals surface area contributed by atoms with Crippen LogP contribution in [0.25, 0.3) is 0 Å². The van der Waals surface area contributed by atoms with Gasteiger partial charge in [0.2, 0.25) is 0 Å². The molecule has 0 unspecified atom stereocenters. The Morgan fingerprint density at radius 2 is 2.35 bits per heavy atom. The van der Waals surface area contributed by atoms with E-state index in [0.717, 1.165) is 22.7 Å². The molecule has 0 radical (unpaired) electrons. The number of nitrogens with zero attached hydrogens (tertiary/aromatic N) is 1. The molecule has 3 N–H and O–H groups in total. The van der Waals surface area contributed by atoms with Crippen molar-refractivity contribution in [1.29, 1.82) is 5.41 Å². The molecule has 2 aliphatic rings. The lowest BCUT2D eigenvalue weighted by molar-refractivity contribution is 0.757. The van der Waals surface area contributed by atoms with Gasteiger partial charge in [0.1, 0.15) is 5.70 Å². The van der Waals surface area contributed by atoms with Gasteiger partial charge in [-0.1, -0.05) is 19.2 Å². The molecule has 0 spiro atoms. The molecule has 0 aromatic carbocycles. The van der Waals surface area contributed by atoms with E-state index in [2.05, 4.69) is 28.2 Å². The van der Waals surface area contributed by atoms with E-state index in [4.69, 9.17) is 5.41 Å². The van der Waals surface area contributed by atoms with Crippen LogP contribution in [0.5, 0.6) is 0 Å². The van der Waals surface area contributed by atoms with Gasteiger partial charge < -0.3 is 10.7 Å². The maximum atomic E-state index is 8.05. The highest BCUT2D eigenvalue weighted by atomic mass is 15.3. The van der Waals surface area contributed by atoms with E-state index in [9.17, 15) is 0 Å². The largest absolute Gasteiger partial charge is 0.379 e. The lowest BCUT2D eigenvalue weighted by atomic mass is 9.99. The van der Waals surface area contributed by atoms with Crippen molar-refractivity contribution in [3.8, 4) is 0 Å². The molecule has 90 valence electrons. The minimum atomic E-state index is 0.528. The summed E-state index contributed by atoms with van der Waals surface area (Å²) in [5, 5.41) is 15.7.